The summed E-state index contributed by atoms with van der Waals surface area (Å²) in [7, 11) is 0. The molecule has 198 valence electrons. The summed E-state index contributed by atoms with van der Waals surface area (Å²) in [6.45, 7) is 8.10. The molecule has 6 nitrogen and oxygen atoms in total. The van der Waals surface area contributed by atoms with Gasteiger partial charge in [-0.2, -0.15) is 0 Å². The number of hydrogen-bond donors (Lipinski definition) is 2. The van der Waals surface area contributed by atoms with Gasteiger partial charge in [-0.1, -0.05) is 42.3 Å². The number of likely N-dealkylation sites (tertiary alicyclic amines) is 1. The second-order valence-corrected chi connectivity index (χ2v) is 10.9. The van der Waals surface area contributed by atoms with Crippen LogP contribution in [0.3, 0.4) is 0 Å². The van der Waals surface area contributed by atoms with Crippen LogP contribution >= 0.6 is 11.6 Å². The Morgan fingerprint density at radius 2 is 2.08 bits per heavy atom. The zero-order valence-corrected chi connectivity index (χ0v) is 22.4. The molecule has 0 spiro atoms. The maximum atomic E-state index is 9.78. The van der Waals surface area contributed by atoms with E-state index in [-0.39, 0.29) is 5.92 Å². The molecule has 2 unspecified atom stereocenters. The van der Waals surface area contributed by atoms with Crippen LogP contribution in [0.4, 0.5) is 0 Å². The number of allylic oxidation sites excluding steroid dienone is 3. The van der Waals surface area contributed by atoms with Gasteiger partial charge in [-0.15, -0.1) is 0 Å². The maximum absolute atomic E-state index is 9.78. The minimum Gasteiger partial charge on any atom is -0.487 e. The predicted molar refractivity (Wildman–Crippen MR) is 147 cm³/mol. The van der Waals surface area contributed by atoms with E-state index in [1.807, 2.05) is 24.4 Å². The zero-order chi connectivity index (χ0) is 25.8. The fourth-order valence-corrected chi connectivity index (χ4v) is 6.18. The fraction of sp³-hybridized carbons (Fsp3) is 0.500. The van der Waals surface area contributed by atoms with E-state index < -0.39 is 6.29 Å². The highest BCUT2D eigenvalue weighted by atomic mass is 35.5. The number of halogens is 1. The molecule has 3 aliphatic rings. The first-order valence-corrected chi connectivity index (χ1v) is 14.0. The molecule has 2 atom stereocenters. The van der Waals surface area contributed by atoms with Gasteiger partial charge in [-0.05, 0) is 81.6 Å². The number of nitrogens with zero attached hydrogens (tertiary/aromatic N) is 3. The molecule has 0 amide bonds. The first-order valence-electron chi connectivity index (χ1n) is 13.6. The third-order valence-electron chi connectivity index (χ3n) is 8.10. The van der Waals surface area contributed by atoms with Gasteiger partial charge >= 0.3 is 0 Å². The molecule has 1 aromatic carbocycles. The predicted octanol–water partition coefficient (Wildman–Crippen LogP) is 5.11. The Kier molecular flexibility index (Phi) is 8.63. The summed E-state index contributed by atoms with van der Waals surface area (Å²) in [5.41, 5.74) is 5.13. The Morgan fingerprint density at radius 1 is 1.19 bits per heavy atom. The summed E-state index contributed by atoms with van der Waals surface area (Å²) in [4.78, 5) is 9.82. The number of rotatable bonds is 9. The van der Waals surface area contributed by atoms with E-state index in [0.717, 1.165) is 80.4 Å². The Morgan fingerprint density at radius 3 is 2.86 bits per heavy atom. The molecule has 1 aromatic heterocycles. The van der Waals surface area contributed by atoms with E-state index in [2.05, 4.69) is 39.9 Å². The van der Waals surface area contributed by atoms with Crippen molar-refractivity contribution in [3.8, 4) is 5.75 Å². The molecule has 3 heterocycles. The van der Waals surface area contributed by atoms with Crippen LogP contribution in [0.1, 0.15) is 73.6 Å². The number of aromatic nitrogens is 1. The Labute approximate surface area is 225 Å². The van der Waals surface area contributed by atoms with Crippen molar-refractivity contribution in [1.82, 2.24) is 14.8 Å². The van der Waals surface area contributed by atoms with Gasteiger partial charge in [0, 0.05) is 47.4 Å². The van der Waals surface area contributed by atoms with Gasteiger partial charge in [0.2, 0.25) is 0 Å². The summed E-state index contributed by atoms with van der Waals surface area (Å²) < 4.78 is 6.08. The third kappa shape index (κ3) is 6.27. The monoisotopic (exact) mass is 523 g/mol. The molecule has 1 aliphatic carbocycles. The molecule has 0 saturated carbocycles. The molecule has 1 fully saturated rings. The van der Waals surface area contributed by atoms with Crippen molar-refractivity contribution < 1.29 is 14.9 Å². The molecule has 37 heavy (non-hydrogen) atoms. The van der Waals surface area contributed by atoms with Crippen LogP contribution in [-0.2, 0) is 6.61 Å². The molecular formula is C30H38ClN3O3. The average molecular weight is 524 g/mol. The summed E-state index contributed by atoms with van der Waals surface area (Å²) in [5, 5.41) is 20.5. The van der Waals surface area contributed by atoms with E-state index in [1.54, 1.807) is 6.07 Å². The topological polar surface area (TPSA) is 69.1 Å². The van der Waals surface area contributed by atoms with Crippen LogP contribution in [0.25, 0.3) is 0 Å². The van der Waals surface area contributed by atoms with Crippen LogP contribution in [0.2, 0.25) is 0 Å². The molecule has 0 bridgehead atoms. The minimum absolute atomic E-state index is 0.114. The first-order chi connectivity index (χ1) is 18.0. The average Bonchev–Trinajstić information content (AvgIpc) is 3.32. The van der Waals surface area contributed by atoms with Gasteiger partial charge < -0.3 is 19.8 Å². The van der Waals surface area contributed by atoms with Crippen molar-refractivity contribution in [3.63, 3.8) is 0 Å². The zero-order valence-electron chi connectivity index (χ0n) is 21.7. The highest BCUT2D eigenvalue weighted by Gasteiger charge is 2.29. The van der Waals surface area contributed by atoms with E-state index in [9.17, 15) is 10.2 Å². The van der Waals surface area contributed by atoms with Crippen LogP contribution in [0.15, 0.2) is 59.3 Å². The molecule has 1 saturated heterocycles. The molecule has 7 heteroatoms. The summed E-state index contributed by atoms with van der Waals surface area (Å²) >= 11 is 6.15. The third-order valence-corrected chi connectivity index (χ3v) is 8.42. The first kappa shape index (κ1) is 26.4. The van der Waals surface area contributed by atoms with E-state index in [1.165, 1.54) is 17.6 Å². The largest absolute Gasteiger partial charge is 0.487 e. The van der Waals surface area contributed by atoms with Gasteiger partial charge in [0.25, 0.3) is 0 Å². The lowest BCUT2D eigenvalue weighted by Gasteiger charge is -2.29. The van der Waals surface area contributed by atoms with Crippen LogP contribution in [-0.4, -0.2) is 63.8 Å². The lowest BCUT2D eigenvalue weighted by Crippen LogP contribution is -2.39. The van der Waals surface area contributed by atoms with Crippen LogP contribution in [0.5, 0.6) is 5.75 Å². The maximum Gasteiger partial charge on any atom is 0.178 e. The van der Waals surface area contributed by atoms with Gasteiger partial charge in [-0.25, -0.2) is 0 Å². The molecule has 2 aliphatic heterocycles. The molecule has 0 radical (unpaired) electrons. The quantitative estimate of drug-likeness (QED) is 0.445. The van der Waals surface area contributed by atoms with Crippen molar-refractivity contribution in [2.45, 2.75) is 63.9 Å². The smallest absolute Gasteiger partial charge is 0.178 e. The van der Waals surface area contributed by atoms with E-state index in [0.29, 0.717) is 18.2 Å². The van der Waals surface area contributed by atoms with Gasteiger partial charge in [0.15, 0.2) is 6.29 Å². The van der Waals surface area contributed by atoms with Crippen molar-refractivity contribution in [3.05, 3.63) is 81.7 Å². The lowest BCUT2D eigenvalue weighted by molar-refractivity contribution is -0.0425. The summed E-state index contributed by atoms with van der Waals surface area (Å²) in [6.07, 6.45) is 9.85. The summed E-state index contributed by atoms with van der Waals surface area (Å²) in [6, 6.07) is 10.2. The highest BCUT2D eigenvalue weighted by Crippen LogP contribution is 2.40. The standard InChI is InChI=1S/C30H38ClN3O3/c1-2-34(18-21-7-10-23(31)11-8-21)24-13-16-33(19-24)15-4-6-25-26-5-3-14-32-28(26)20-37-29-12-9-22(30(35)36)17-27(25)29/h3,5,7,9-10,12,14,17,24-25,30,35-36H,2,4,6,8,11,13,15-16,18-20H2,1H3. The second-order valence-electron chi connectivity index (χ2n) is 10.4. The number of ether oxygens (including phenoxy) is 1. The Hall–Kier alpha value is -2.22. The normalized spacial score (nSPS) is 21.8. The van der Waals surface area contributed by atoms with Gasteiger partial charge in [0.1, 0.15) is 12.4 Å². The number of aliphatic hydroxyl groups is 2. The lowest BCUT2D eigenvalue weighted by atomic mass is 9.85. The Balaban J connectivity index is 1.23. The van der Waals surface area contributed by atoms with Crippen molar-refractivity contribution in [1.29, 1.82) is 0 Å². The number of benzene rings is 1. The molecule has 2 N–H and O–H groups in total. The number of likely N-dealkylation sites (N-methyl/N-ethyl adjacent to an activating group) is 1. The van der Waals surface area contributed by atoms with Crippen LogP contribution < -0.4 is 4.74 Å². The van der Waals surface area contributed by atoms with Gasteiger partial charge in [-0.3, -0.25) is 9.88 Å². The van der Waals surface area contributed by atoms with E-state index in [4.69, 9.17) is 16.3 Å². The van der Waals surface area contributed by atoms with E-state index >= 15 is 0 Å². The van der Waals surface area contributed by atoms with Crippen molar-refractivity contribution in [2.24, 2.45) is 0 Å². The minimum atomic E-state index is -1.50. The number of aliphatic hydroxyl groups excluding tert-OH is 1. The van der Waals surface area contributed by atoms with Crippen LogP contribution in [0, 0.1) is 0 Å². The number of pyridine rings is 1. The van der Waals surface area contributed by atoms with Gasteiger partial charge in [0.05, 0.1) is 5.69 Å². The highest BCUT2D eigenvalue weighted by molar-refractivity contribution is 6.29. The molecule has 5 rings (SSSR count). The molecular weight excluding hydrogens is 486 g/mol. The molecule has 2 aromatic rings. The number of fused-ring (bicyclic) bond motifs is 2. The van der Waals surface area contributed by atoms with Crippen molar-refractivity contribution in [2.75, 3.05) is 32.7 Å². The fourth-order valence-electron chi connectivity index (χ4n) is 6.02. The second kappa shape index (κ2) is 12.1. The Bertz CT molecular complexity index is 1150. The SMILES string of the molecule is CCN(CC1=CC=C(Cl)CC1)C1CCN(CCCC2c3cc(C(O)O)ccc3OCc3ncccc32)C1. The number of hydrogen-bond acceptors (Lipinski definition) is 6. The summed E-state index contributed by atoms with van der Waals surface area (Å²) in [5.74, 6) is 0.920. The van der Waals surface area contributed by atoms with Crippen molar-refractivity contribution >= 4 is 11.6 Å².